The van der Waals surface area contributed by atoms with Crippen molar-refractivity contribution in [2.45, 2.75) is 39.7 Å². The molecule has 4 aromatic rings. The molecule has 6 heteroatoms. The van der Waals surface area contributed by atoms with Crippen molar-refractivity contribution in [1.29, 1.82) is 5.41 Å². The molecule has 0 amide bonds. The minimum absolute atomic E-state index is 0.0885. The van der Waals surface area contributed by atoms with Crippen LogP contribution in [0.4, 0.5) is 5.82 Å². The average molecular weight is 579 g/mol. The summed E-state index contributed by atoms with van der Waals surface area (Å²) in [6.07, 6.45) is 17.7. The monoisotopic (exact) mass is 578 g/mol. The van der Waals surface area contributed by atoms with Gasteiger partial charge in [-0.3, -0.25) is 10.4 Å². The van der Waals surface area contributed by atoms with Gasteiger partial charge < -0.3 is 16.0 Å². The van der Waals surface area contributed by atoms with E-state index in [1.54, 1.807) is 6.20 Å². The van der Waals surface area contributed by atoms with E-state index in [4.69, 9.17) is 5.73 Å². The lowest BCUT2D eigenvalue weighted by molar-refractivity contribution is 0.367. The summed E-state index contributed by atoms with van der Waals surface area (Å²) in [5.74, 6) is 0.827. The molecule has 1 unspecified atom stereocenters. The van der Waals surface area contributed by atoms with Crippen LogP contribution in [-0.2, 0) is 13.0 Å². The highest BCUT2D eigenvalue weighted by Crippen LogP contribution is 2.44. The second-order valence-corrected chi connectivity index (χ2v) is 13.0. The fourth-order valence-electron chi connectivity index (χ4n) is 6.32. The van der Waals surface area contributed by atoms with Crippen LogP contribution in [0.25, 0.3) is 11.1 Å². The van der Waals surface area contributed by atoms with Crippen molar-refractivity contribution < 1.29 is 0 Å². The summed E-state index contributed by atoms with van der Waals surface area (Å²) >= 11 is 0. The fourth-order valence-corrected chi connectivity index (χ4v) is 6.32. The quantitative estimate of drug-likeness (QED) is 0.165. The minimum Gasteiger partial charge on any atom is -0.383 e. The summed E-state index contributed by atoms with van der Waals surface area (Å²) < 4.78 is 0. The molecular weight excluding hydrogens is 540 g/mol. The molecule has 5 N–H and O–H groups in total. The zero-order valence-corrected chi connectivity index (χ0v) is 25.3. The maximum Gasteiger partial charge on any atom is 0.132 e. The van der Waals surface area contributed by atoms with Crippen LogP contribution in [0.15, 0.2) is 109 Å². The number of allylic oxidation sites excluding steroid dienone is 5. The number of aromatic nitrogens is 3. The van der Waals surface area contributed by atoms with Gasteiger partial charge in [0.2, 0.25) is 0 Å². The topological polar surface area (TPSA) is 103 Å². The highest BCUT2D eigenvalue weighted by atomic mass is 14.9. The SMILES string of the molecule is CC1(C)CC=C(c2cccnc2)c2cc(C(=N)c3cc(C4=CC5CC5=CC(CNCc5ccccc5)=C4)cnc3N)[nH]c2C1. The first-order valence-corrected chi connectivity index (χ1v) is 15.4. The van der Waals surface area contributed by atoms with E-state index in [1.807, 2.05) is 30.6 Å². The van der Waals surface area contributed by atoms with Crippen LogP contribution < -0.4 is 11.1 Å². The third kappa shape index (κ3) is 5.86. The predicted octanol–water partition coefficient (Wildman–Crippen LogP) is 7.27. The lowest BCUT2D eigenvalue weighted by Crippen LogP contribution is -2.16. The van der Waals surface area contributed by atoms with Gasteiger partial charge in [0.15, 0.2) is 0 Å². The van der Waals surface area contributed by atoms with Crippen molar-refractivity contribution in [3.63, 3.8) is 0 Å². The summed E-state index contributed by atoms with van der Waals surface area (Å²) in [5, 5.41) is 12.9. The second kappa shape index (κ2) is 11.4. The van der Waals surface area contributed by atoms with Crippen molar-refractivity contribution in [2.75, 3.05) is 12.3 Å². The molecule has 0 spiro atoms. The van der Waals surface area contributed by atoms with Crippen LogP contribution in [0.3, 0.4) is 0 Å². The smallest absolute Gasteiger partial charge is 0.132 e. The van der Waals surface area contributed by atoms with Crippen LogP contribution in [0, 0.1) is 16.7 Å². The van der Waals surface area contributed by atoms with Crippen LogP contribution in [0.1, 0.15) is 65.9 Å². The Morgan fingerprint density at radius 2 is 1.91 bits per heavy atom. The summed E-state index contributed by atoms with van der Waals surface area (Å²) in [6.45, 7) is 6.18. The number of anilines is 1. The molecule has 1 saturated carbocycles. The Bertz CT molecular complexity index is 1850. The van der Waals surface area contributed by atoms with E-state index in [0.29, 0.717) is 23.0 Å². The van der Waals surface area contributed by atoms with Gasteiger partial charge in [-0.25, -0.2) is 4.98 Å². The number of nitrogen functional groups attached to an aromatic ring is 1. The molecule has 3 aliphatic carbocycles. The van der Waals surface area contributed by atoms with Crippen molar-refractivity contribution in [2.24, 2.45) is 11.3 Å². The van der Waals surface area contributed by atoms with Crippen molar-refractivity contribution in [3.8, 4) is 0 Å². The first-order valence-electron chi connectivity index (χ1n) is 15.4. The van der Waals surface area contributed by atoms with E-state index >= 15 is 0 Å². The Morgan fingerprint density at radius 1 is 1.05 bits per heavy atom. The number of rotatable bonds is 8. The Labute approximate surface area is 259 Å². The van der Waals surface area contributed by atoms with E-state index in [2.05, 4.69) is 94.8 Å². The molecule has 3 aliphatic rings. The summed E-state index contributed by atoms with van der Waals surface area (Å²) in [7, 11) is 0. The first kappa shape index (κ1) is 28.0. The van der Waals surface area contributed by atoms with Gasteiger partial charge in [-0.1, -0.05) is 80.1 Å². The molecule has 220 valence electrons. The average Bonchev–Trinajstić information content (AvgIpc) is 3.69. The molecule has 1 atom stereocenters. The van der Waals surface area contributed by atoms with Gasteiger partial charge in [0.1, 0.15) is 5.82 Å². The number of fused-ring (bicyclic) bond motifs is 2. The van der Waals surface area contributed by atoms with E-state index in [1.165, 1.54) is 16.7 Å². The number of nitrogens with two attached hydrogens (primary N) is 1. The molecular formula is C38H38N6. The highest BCUT2D eigenvalue weighted by Gasteiger charge is 2.30. The number of benzene rings is 1. The van der Waals surface area contributed by atoms with Crippen molar-refractivity contribution in [3.05, 3.63) is 148 Å². The van der Waals surface area contributed by atoms with E-state index in [9.17, 15) is 5.41 Å². The first-order chi connectivity index (χ1) is 21.3. The van der Waals surface area contributed by atoms with Crippen LogP contribution in [0.5, 0.6) is 0 Å². The van der Waals surface area contributed by atoms with Gasteiger partial charge in [-0.15, -0.1) is 0 Å². The number of hydrogen-bond donors (Lipinski definition) is 4. The van der Waals surface area contributed by atoms with Crippen LogP contribution in [-0.4, -0.2) is 27.2 Å². The van der Waals surface area contributed by atoms with Gasteiger partial charge in [-0.05, 0) is 65.2 Å². The van der Waals surface area contributed by atoms with Gasteiger partial charge in [0.25, 0.3) is 0 Å². The number of aromatic amines is 1. The Hall–Kier alpha value is -4.81. The maximum absolute atomic E-state index is 9.29. The molecule has 44 heavy (non-hydrogen) atoms. The summed E-state index contributed by atoms with van der Waals surface area (Å²) in [6, 6.07) is 18.7. The summed E-state index contributed by atoms with van der Waals surface area (Å²) in [5.41, 5.74) is 18.9. The molecule has 0 radical (unpaired) electrons. The van der Waals surface area contributed by atoms with E-state index in [0.717, 1.165) is 71.6 Å². The normalized spacial score (nSPS) is 18.5. The zero-order chi connectivity index (χ0) is 30.3. The Balaban J connectivity index is 1.18. The van der Waals surface area contributed by atoms with Crippen molar-refractivity contribution >= 4 is 22.7 Å². The molecule has 6 nitrogen and oxygen atoms in total. The van der Waals surface area contributed by atoms with Gasteiger partial charge >= 0.3 is 0 Å². The third-order valence-corrected chi connectivity index (χ3v) is 8.83. The number of nitrogens with one attached hydrogen (secondary N) is 3. The standard InChI is InChI=1S/C38H38N6/c1-38(2)11-10-31(26-9-6-12-41-22-26)32-18-34(44-35(32)19-38)36(39)33-17-30(23-43-37(33)40)28-14-25(13-27-15-29(27)16-28)21-42-20-24-7-4-3-5-8-24/h3-10,12-14,16-18,22-23,29,39,42,44H,11,15,19-21H2,1-2H3,(H2,40,43). The Morgan fingerprint density at radius 3 is 2.73 bits per heavy atom. The lowest BCUT2D eigenvalue weighted by Gasteiger charge is -2.20. The molecule has 1 fully saturated rings. The molecule has 7 rings (SSSR count). The molecule has 3 aromatic heterocycles. The largest absolute Gasteiger partial charge is 0.383 e. The maximum atomic E-state index is 9.29. The number of hydrogen-bond acceptors (Lipinski definition) is 5. The molecule has 1 aromatic carbocycles. The Kier molecular flexibility index (Phi) is 7.23. The van der Waals surface area contributed by atoms with Crippen molar-refractivity contribution in [1.82, 2.24) is 20.3 Å². The molecule has 0 saturated heterocycles. The van der Waals surface area contributed by atoms with Gasteiger partial charge in [0, 0.05) is 65.5 Å². The predicted molar refractivity (Wildman–Crippen MR) is 179 cm³/mol. The van der Waals surface area contributed by atoms with Gasteiger partial charge in [0.05, 0.1) is 11.4 Å². The zero-order valence-electron chi connectivity index (χ0n) is 25.3. The third-order valence-electron chi connectivity index (χ3n) is 8.83. The van der Waals surface area contributed by atoms with E-state index < -0.39 is 0 Å². The number of pyridine rings is 2. The molecule has 3 heterocycles. The lowest BCUT2D eigenvalue weighted by atomic mass is 9.85. The highest BCUT2D eigenvalue weighted by molar-refractivity contribution is 6.13. The molecule has 0 bridgehead atoms. The number of H-pyrrole nitrogens is 1. The second-order valence-electron chi connectivity index (χ2n) is 13.0. The minimum atomic E-state index is 0.0885. The van der Waals surface area contributed by atoms with Crippen LogP contribution >= 0.6 is 0 Å². The molecule has 0 aliphatic heterocycles. The van der Waals surface area contributed by atoms with E-state index in [-0.39, 0.29) is 5.41 Å². The number of nitrogens with zero attached hydrogens (tertiary/aromatic N) is 2. The fraction of sp³-hybridized carbons (Fsp3) is 0.237. The summed E-state index contributed by atoms with van der Waals surface area (Å²) in [4.78, 5) is 12.6. The van der Waals surface area contributed by atoms with Gasteiger partial charge in [-0.2, -0.15) is 0 Å². The van der Waals surface area contributed by atoms with Crippen LogP contribution in [0.2, 0.25) is 0 Å².